The Morgan fingerprint density at radius 3 is 2.59 bits per heavy atom. The fourth-order valence-electron chi connectivity index (χ4n) is 1.76. The molecule has 1 aromatic carbocycles. The number of benzene rings is 1. The molecular formula is C15H17NS. The Morgan fingerprint density at radius 2 is 1.94 bits per heavy atom. The predicted molar refractivity (Wildman–Crippen MR) is 78.2 cm³/mol. The first-order valence-corrected chi connectivity index (χ1v) is 6.48. The van der Waals surface area contributed by atoms with Gasteiger partial charge >= 0.3 is 0 Å². The summed E-state index contributed by atoms with van der Waals surface area (Å²) in [6.45, 7) is 10.3. The molecule has 2 heteroatoms. The number of nitrogens with one attached hydrogen (secondary N) is 1. The van der Waals surface area contributed by atoms with Crippen LogP contribution in [0.25, 0.3) is 5.57 Å². The van der Waals surface area contributed by atoms with Crippen LogP contribution in [0.3, 0.4) is 0 Å². The first-order chi connectivity index (χ1) is 8.08. The number of para-hydroxylation sites is 1. The highest BCUT2D eigenvalue weighted by Gasteiger charge is 2.08. The van der Waals surface area contributed by atoms with E-state index in [4.69, 9.17) is 0 Å². The van der Waals surface area contributed by atoms with Crippen LogP contribution in [0.4, 0.5) is 10.7 Å². The van der Waals surface area contributed by atoms with Crippen molar-refractivity contribution in [3.05, 3.63) is 52.9 Å². The first-order valence-electron chi connectivity index (χ1n) is 5.67. The molecule has 0 bridgehead atoms. The Bertz CT molecular complexity index is 552. The second kappa shape index (κ2) is 4.76. The lowest BCUT2D eigenvalue weighted by molar-refractivity contribution is 1.44. The molecule has 0 fully saturated rings. The fraction of sp³-hybridized carbons (Fsp3) is 0.200. The molecule has 1 N–H and O–H groups in total. The van der Waals surface area contributed by atoms with Crippen molar-refractivity contribution in [3.8, 4) is 0 Å². The van der Waals surface area contributed by atoms with Crippen molar-refractivity contribution in [2.24, 2.45) is 0 Å². The second-order valence-corrected chi connectivity index (χ2v) is 5.58. The minimum absolute atomic E-state index is 1.10. The summed E-state index contributed by atoms with van der Waals surface area (Å²) in [5, 5.41) is 4.69. The molecule has 1 nitrogen and oxygen atoms in total. The minimum atomic E-state index is 1.10. The molecule has 1 aromatic heterocycles. The van der Waals surface area contributed by atoms with E-state index in [2.05, 4.69) is 56.1 Å². The third kappa shape index (κ3) is 2.59. The molecule has 0 radical (unpaired) electrons. The zero-order valence-electron chi connectivity index (χ0n) is 10.5. The number of anilines is 2. The Morgan fingerprint density at radius 1 is 1.24 bits per heavy atom. The molecule has 0 spiro atoms. The van der Waals surface area contributed by atoms with Gasteiger partial charge in [-0.1, -0.05) is 24.8 Å². The molecule has 0 saturated heterocycles. The van der Waals surface area contributed by atoms with E-state index >= 15 is 0 Å². The third-order valence-electron chi connectivity index (χ3n) is 2.71. The summed E-state index contributed by atoms with van der Waals surface area (Å²) in [4.78, 5) is 1.30. The van der Waals surface area contributed by atoms with E-state index in [0.717, 1.165) is 11.3 Å². The lowest BCUT2D eigenvalue weighted by atomic mass is 10.1. The van der Waals surface area contributed by atoms with Gasteiger partial charge in [-0.15, -0.1) is 11.3 Å². The van der Waals surface area contributed by atoms with Gasteiger partial charge in [0.1, 0.15) is 5.00 Å². The summed E-state index contributed by atoms with van der Waals surface area (Å²) in [6, 6.07) is 10.5. The van der Waals surface area contributed by atoms with E-state index in [0.29, 0.717) is 0 Å². The summed E-state index contributed by atoms with van der Waals surface area (Å²) < 4.78 is 0. The molecule has 2 aromatic rings. The second-order valence-electron chi connectivity index (χ2n) is 4.32. The van der Waals surface area contributed by atoms with Gasteiger partial charge in [0.25, 0.3) is 0 Å². The molecule has 0 aliphatic rings. The quantitative estimate of drug-likeness (QED) is 0.787. The van der Waals surface area contributed by atoms with E-state index in [9.17, 15) is 0 Å². The molecule has 0 amide bonds. The number of allylic oxidation sites excluding steroid dienone is 1. The van der Waals surface area contributed by atoms with Crippen molar-refractivity contribution < 1.29 is 0 Å². The van der Waals surface area contributed by atoms with Gasteiger partial charge in [-0.3, -0.25) is 0 Å². The van der Waals surface area contributed by atoms with Gasteiger partial charge in [-0.2, -0.15) is 0 Å². The van der Waals surface area contributed by atoms with Crippen LogP contribution in [0.2, 0.25) is 0 Å². The van der Waals surface area contributed by atoms with Crippen LogP contribution in [-0.4, -0.2) is 0 Å². The van der Waals surface area contributed by atoms with Crippen molar-refractivity contribution in [1.29, 1.82) is 0 Å². The van der Waals surface area contributed by atoms with Crippen LogP contribution in [0.15, 0.2) is 36.9 Å². The highest BCUT2D eigenvalue weighted by atomic mass is 32.1. The average molecular weight is 243 g/mol. The average Bonchev–Trinajstić information content (AvgIpc) is 2.63. The zero-order chi connectivity index (χ0) is 12.4. The van der Waals surface area contributed by atoms with E-state index in [1.807, 2.05) is 6.92 Å². The van der Waals surface area contributed by atoms with Crippen LogP contribution >= 0.6 is 11.3 Å². The van der Waals surface area contributed by atoms with Crippen LogP contribution in [0.1, 0.15) is 22.9 Å². The third-order valence-corrected chi connectivity index (χ3v) is 3.67. The number of thiophene rings is 1. The largest absolute Gasteiger partial charge is 0.347 e. The van der Waals surface area contributed by atoms with E-state index in [-0.39, 0.29) is 0 Å². The van der Waals surface area contributed by atoms with Gasteiger partial charge in [0, 0.05) is 16.1 Å². The smallest absolute Gasteiger partial charge is 0.101 e. The van der Waals surface area contributed by atoms with Crippen molar-refractivity contribution >= 4 is 27.6 Å². The maximum atomic E-state index is 4.03. The predicted octanol–water partition coefficient (Wildman–Crippen LogP) is 5.14. The molecule has 2 rings (SSSR count). The van der Waals surface area contributed by atoms with E-state index in [1.54, 1.807) is 11.3 Å². The van der Waals surface area contributed by atoms with Crippen LogP contribution in [0, 0.1) is 13.8 Å². The number of rotatable bonds is 3. The Balaban J connectivity index is 2.36. The molecule has 0 atom stereocenters. The van der Waals surface area contributed by atoms with Gasteiger partial charge in [0.15, 0.2) is 0 Å². The standard InChI is InChI=1S/C15H17NS/c1-10(2)13-9-12(4)17-15(13)16-14-8-6-5-7-11(14)3/h5-9,16H,1H2,2-4H3. The Labute approximate surface area is 107 Å². The number of hydrogen-bond acceptors (Lipinski definition) is 2. The summed E-state index contributed by atoms with van der Waals surface area (Å²) in [5.41, 5.74) is 4.74. The zero-order valence-corrected chi connectivity index (χ0v) is 11.3. The van der Waals surface area contributed by atoms with Crippen LogP contribution < -0.4 is 5.32 Å². The van der Waals surface area contributed by atoms with E-state index in [1.165, 1.54) is 21.0 Å². The Kier molecular flexibility index (Phi) is 3.34. The van der Waals surface area contributed by atoms with Gasteiger partial charge in [0.05, 0.1) is 0 Å². The minimum Gasteiger partial charge on any atom is -0.347 e. The van der Waals surface area contributed by atoms with Gasteiger partial charge in [-0.25, -0.2) is 0 Å². The van der Waals surface area contributed by atoms with Gasteiger partial charge in [-0.05, 0) is 44.0 Å². The van der Waals surface area contributed by atoms with Crippen LogP contribution in [0.5, 0.6) is 0 Å². The summed E-state index contributed by atoms with van der Waals surface area (Å²) in [6.07, 6.45) is 0. The molecule has 0 aliphatic heterocycles. The Hall–Kier alpha value is -1.54. The number of aryl methyl sites for hydroxylation is 2. The molecule has 0 aliphatic carbocycles. The van der Waals surface area contributed by atoms with Crippen molar-refractivity contribution in [2.45, 2.75) is 20.8 Å². The molecule has 88 valence electrons. The van der Waals surface area contributed by atoms with E-state index < -0.39 is 0 Å². The molecule has 17 heavy (non-hydrogen) atoms. The molecule has 0 unspecified atom stereocenters. The van der Waals surface area contributed by atoms with Crippen molar-refractivity contribution in [3.63, 3.8) is 0 Å². The SMILES string of the molecule is C=C(C)c1cc(C)sc1Nc1ccccc1C. The van der Waals surface area contributed by atoms with Crippen molar-refractivity contribution in [2.75, 3.05) is 5.32 Å². The number of hydrogen-bond donors (Lipinski definition) is 1. The lowest BCUT2D eigenvalue weighted by Crippen LogP contribution is -1.92. The summed E-state index contributed by atoms with van der Waals surface area (Å²) >= 11 is 1.77. The van der Waals surface area contributed by atoms with Crippen molar-refractivity contribution in [1.82, 2.24) is 0 Å². The van der Waals surface area contributed by atoms with Gasteiger partial charge in [0.2, 0.25) is 0 Å². The topological polar surface area (TPSA) is 12.0 Å². The molecule has 1 heterocycles. The molecular weight excluding hydrogens is 226 g/mol. The monoisotopic (exact) mass is 243 g/mol. The lowest BCUT2D eigenvalue weighted by Gasteiger charge is -2.09. The molecule has 0 saturated carbocycles. The van der Waals surface area contributed by atoms with Gasteiger partial charge < -0.3 is 5.32 Å². The normalized spacial score (nSPS) is 10.3. The van der Waals surface area contributed by atoms with Crippen LogP contribution in [-0.2, 0) is 0 Å². The maximum absolute atomic E-state index is 4.03. The summed E-state index contributed by atoms with van der Waals surface area (Å²) in [5.74, 6) is 0. The highest BCUT2D eigenvalue weighted by molar-refractivity contribution is 7.16. The fourth-order valence-corrected chi connectivity index (χ4v) is 2.76. The maximum Gasteiger partial charge on any atom is 0.101 e. The first kappa shape index (κ1) is 11.9. The summed E-state index contributed by atoms with van der Waals surface area (Å²) in [7, 11) is 0. The highest BCUT2D eigenvalue weighted by Crippen LogP contribution is 2.34.